The number of thiazole rings is 1. The van der Waals surface area contributed by atoms with E-state index in [1.165, 1.54) is 24.4 Å². The van der Waals surface area contributed by atoms with Gasteiger partial charge in [-0.15, -0.1) is 11.3 Å². The summed E-state index contributed by atoms with van der Waals surface area (Å²) < 4.78 is 0. The third-order valence-electron chi connectivity index (χ3n) is 2.91. The Hall–Kier alpha value is -0.450. The molecule has 0 aromatic carbocycles. The van der Waals surface area contributed by atoms with Crippen LogP contribution in [0.3, 0.4) is 0 Å². The van der Waals surface area contributed by atoms with E-state index in [9.17, 15) is 0 Å². The number of hydrogen-bond acceptors (Lipinski definition) is 4. The van der Waals surface area contributed by atoms with Gasteiger partial charge in [0, 0.05) is 17.8 Å². The second kappa shape index (κ2) is 4.60. The SMILES string of the molecule is CC(N)Cc1csc(C2CCCN2C)n1. The summed E-state index contributed by atoms with van der Waals surface area (Å²) in [5, 5.41) is 3.43. The minimum atomic E-state index is 0.209. The Kier molecular flexibility index (Phi) is 3.38. The molecule has 0 aliphatic carbocycles. The van der Waals surface area contributed by atoms with Crippen LogP contribution in [-0.4, -0.2) is 29.5 Å². The van der Waals surface area contributed by atoms with Crippen molar-refractivity contribution < 1.29 is 0 Å². The van der Waals surface area contributed by atoms with Crippen molar-refractivity contribution in [1.82, 2.24) is 9.88 Å². The summed E-state index contributed by atoms with van der Waals surface area (Å²) in [7, 11) is 2.18. The molecule has 0 amide bonds. The van der Waals surface area contributed by atoms with E-state index in [4.69, 9.17) is 5.73 Å². The molecule has 1 aromatic heterocycles. The van der Waals surface area contributed by atoms with E-state index in [0.717, 1.165) is 12.1 Å². The predicted molar refractivity (Wildman–Crippen MR) is 64.1 cm³/mol. The molecule has 0 spiro atoms. The van der Waals surface area contributed by atoms with Gasteiger partial charge in [0.15, 0.2) is 0 Å². The lowest BCUT2D eigenvalue weighted by Gasteiger charge is -2.16. The molecule has 2 rings (SSSR count). The lowest BCUT2D eigenvalue weighted by Crippen LogP contribution is -2.19. The van der Waals surface area contributed by atoms with Crippen LogP contribution in [0, 0.1) is 0 Å². The van der Waals surface area contributed by atoms with Crippen LogP contribution < -0.4 is 5.73 Å². The summed E-state index contributed by atoms with van der Waals surface area (Å²) in [4.78, 5) is 7.08. The molecular formula is C11H19N3S. The van der Waals surface area contributed by atoms with Gasteiger partial charge in [-0.1, -0.05) is 0 Å². The molecule has 2 N–H and O–H groups in total. The average molecular weight is 225 g/mol. The summed E-state index contributed by atoms with van der Waals surface area (Å²) in [5.74, 6) is 0. The summed E-state index contributed by atoms with van der Waals surface area (Å²) in [6.45, 7) is 3.23. The molecule has 84 valence electrons. The highest BCUT2D eigenvalue weighted by molar-refractivity contribution is 7.09. The highest BCUT2D eigenvalue weighted by Gasteiger charge is 2.25. The monoisotopic (exact) mass is 225 g/mol. The maximum absolute atomic E-state index is 5.77. The molecule has 0 bridgehead atoms. The van der Waals surface area contributed by atoms with Gasteiger partial charge >= 0.3 is 0 Å². The van der Waals surface area contributed by atoms with Crippen molar-refractivity contribution in [3.05, 3.63) is 16.1 Å². The largest absolute Gasteiger partial charge is 0.328 e. The molecule has 15 heavy (non-hydrogen) atoms. The summed E-state index contributed by atoms with van der Waals surface area (Å²) >= 11 is 1.78. The normalized spacial score (nSPS) is 24.6. The molecule has 0 radical (unpaired) electrons. The molecule has 1 fully saturated rings. The maximum Gasteiger partial charge on any atom is 0.110 e. The molecule has 2 atom stereocenters. The Labute approximate surface area is 95.3 Å². The first-order valence-corrected chi connectivity index (χ1v) is 6.45. The van der Waals surface area contributed by atoms with Crippen LogP contribution in [0.4, 0.5) is 0 Å². The van der Waals surface area contributed by atoms with Gasteiger partial charge in [-0.05, 0) is 33.4 Å². The van der Waals surface area contributed by atoms with Gasteiger partial charge in [0.1, 0.15) is 5.01 Å². The molecule has 2 heterocycles. The van der Waals surface area contributed by atoms with Crippen LogP contribution >= 0.6 is 11.3 Å². The van der Waals surface area contributed by atoms with Crippen LogP contribution in [0.2, 0.25) is 0 Å². The Morgan fingerprint density at radius 2 is 2.53 bits per heavy atom. The van der Waals surface area contributed by atoms with E-state index in [-0.39, 0.29) is 6.04 Å². The first kappa shape index (κ1) is 11.0. The number of aromatic nitrogens is 1. The minimum Gasteiger partial charge on any atom is -0.328 e. The maximum atomic E-state index is 5.77. The molecule has 3 nitrogen and oxygen atoms in total. The third-order valence-corrected chi connectivity index (χ3v) is 3.90. The number of nitrogens with zero attached hydrogens (tertiary/aromatic N) is 2. The highest BCUT2D eigenvalue weighted by Crippen LogP contribution is 2.32. The van der Waals surface area contributed by atoms with Crippen LogP contribution in [0.5, 0.6) is 0 Å². The lowest BCUT2D eigenvalue weighted by atomic mass is 10.2. The highest BCUT2D eigenvalue weighted by atomic mass is 32.1. The van der Waals surface area contributed by atoms with Crippen molar-refractivity contribution in [3.8, 4) is 0 Å². The molecule has 2 unspecified atom stereocenters. The van der Waals surface area contributed by atoms with Gasteiger partial charge in [0.2, 0.25) is 0 Å². The lowest BCUT2D eigenvalue weighted by molar-refractivity contribution is 0.316. The van der Waals surface area contributed by atoms with Crippen molar-refractivity contribution >= 4 is 11.3 Å². The van der Waals surface area contributed by atoms with Gasteiger partial charge in [0.05, 0.1) is 11.7 Å². The molecule has 0 saturated carbocycles. The number of rotatable bonds is 3. The molecule has 1 aromatic rings. The van der Waals surface area contributed by atoms with E-state index in [1.807, 2.05) is 6.92 Å². The van der Waals surface area contributed by atoms with E-state index < -0.39 is 0 Å². The first-order chi connectivity index (χ1) is 7.16. The summed E-state index contributed by atoms with van der Waals surface area (Å²) in [5.41, 5.74) is 6.93. The fraction of sp³-hybridized carbons (Fsp3) is 0.727. The zero-order valence-electron chi connectivity index (χ0n) is 9.44. The van der Waals surface area contributed by atoms with Crippen LogP contribution in [0.1, 0.15) is 36.5 Å². The van der Waals surface area contributed by atoms with Crippen molar-refractivity contribution in [1.29, 1.82) is 0 Å². The second-order valence-electron chi connectivity index (χ2n) is 4.50. The topological polar surface area (TPSA) is 42.1 Å². The Balaban J connectivity index is 2.06. The van der Waals surface area contributed by atoms with Crippen LogP contribution in [0.15, 0.2) is 5.38 Å². The fourth-order valence-corrected chi connectivity index (χ4v) is 3.15. The zero-order valence-corrected chi connectivity index (χ0v) is 10.3. The van der Waals surface area contributed by atoms with Gasteiger partial charge in [-0.25, -0.2) is 4.98 Å². The average Bonchev–Trinajstić information content (AvgIpc) is 2.72. The van der Waals surface area contributed by atoms with Gasteiger partial charge in [0.25, 0.3) is 0 Å². The van der Waals surface area contributed by atoms with Gasteiger partial charge in [-0.2, -0.15) is 0 Å². The summed E-state index contributed by atoms with van der Waals surface area (Å²) in [6.07, 6.45) is 3.44. The van der Waals surface area contributed by atoms with Crippen molar-refractivity contribution in [2.24, 2.45) is 5.73 Å². The van der Waals surface area contributed by atoms with Crippen molar-refractivity contribution in [3.63, 3.8) is 0 Å². The van der Waals surface area contributed by atoms with E-state index in [1.54, 1.807) is 11.3 Å². The summed E-state index contributed by atoms with van der Waals surface area (Å²) in [6, 6.07) is 0.762. The van der Waals surface area contributed by atoms with Gasteiger partial charge < -0.3 is 5.73 Å². The van der Waals surface area contributed by atoms with Gasteiger partial charge in [-0.3, -0.25) is 4.90 Å². The zero-order chi connectivity index (χ0) is 10.8. The predicted octanol–water partition coefficient (Wildman–Crippen LogP) is 1.80. The molecule has 1 aliphatic rings. The number of nitrogens with two attached hydrogens (primary N) is 1. The molecule has 1 aliphatic heterocycles. The molecule has 1 saturated heterocycles. The quantitative estimate of drug-likeness (QED) is 0.853. The third kappa shape index (κ3) is 2.56. The number of likely N-dealkylation sites (tertiary alicyclic amines) is 1. The molecular weight excluding hydrogens is 206 g/mol. The minimum absolute atomic E-state index is 0.209. The molecule has 4 heteroatoms. The van der Waals surface area contributed by atoms with E-state index >= 15 is 0 Å². The van der Waals surface area contributed by atoms with Crippen molar-refractivity contribution in [2.45, 2.75) is 38.3 Å². The Morgan fingerprint density at radius 1 is 1.73 bits per heavy atom. The smallest absolute Gasteiger partial charge is 0.110 e. The Morgan fingerprint density at radius 3 is 3.13 bits per heavy atom. The Bertz CT molecular complexity index is 321. The second-order valence-corrected chi connectivity index (χ2v) is 5.39. The van der Waals surface area contributed by atoms with E-state index in [0.29, 0.717) is 6.04 Å². The first-order valence-electron chi connectivity index (χ1n) is 5.57. The fourth-order valence-electron chi connectivity index (χ4n) is 2.12. The van der Waals surface area contributed by atoms with Crippen LogP contribution in [0.25, 0.3) is 0 Å². The van der Waals surface area contributed by atoms with Crippen molar-refractivity contribution in [2.75, 3.05) is 13.6 Å². The van der Waals surface area contributed by atoms with Crippen LogP contribution in [-0.2, 0) is 6.42 Å². The van der Waals surface area contributed by atoms with E-state index in [2.05, 4.69) is 22.3 Å². The number of hydrogen-bond donors (Lipinski definition) is 1. The standard InChI is InChI=1S/C11H19N3S/c1-8(12)6-9-7-15-11(13-9)10-4-3-5-14(10)2/h7-8,10H,3-6,12H2,1-2H3.